The van der Waals surface area contributed by atoms with Gasteiger partial charge in [-0.2, -0.15) is 0 Å². The predicted octanol–water partition coefficient (Wildman–Crippen LogP) is 14.7. The van der Waals surface area contributed by atoms with Crippen LogP contribution in [0.5, 0.6) is 0 Å². The Morgan fingerprint density at radius 1 is 0.456 bits per heavy atom. The quantitative estimate of drug-likeness (QED) is 0.0195. The fourth-order valence-electron chi connectivity index (χ4n) is 5.72. The summed E-state index contributed by atoms with van der Waals surface area (Å²) in [7, 11) is 1.07. The monoisotopic (exact) mass is 960 g/mol. The van der Waals surface area contributed by atoms with Gasteiger partial charge in [-0.15, -0.1) is 0 Å². The van der Waals surface area contributed by atoms with Gasteiger partial charge >= 0.3 is 11.9 Å². The number of nitrogens with zero attached hydrogens (tertiary/aromatic N) is 1. The van der Waals surface area contributed by atoms with Crippen molar-refractivity contribution in [3.8, 4) is 0 Å². The van der Waals surface area contributed by atoms with Gasteiger partial charge < -0.3 is 27.9 Å². The maximum atomic E-state index is 12.7. The van der Waals surface area contributed by atoms with Crippen molar-refractivity contribution < 1.29 is 42.1 Å². The molecule has 0 radical (unpaired) electrons. The third-order valence-electron chi connectivity index (χ3n) is 9.56. The lowest BCUT2D eigenvalue weighted by atomic mass is 10.1. The number of carbonyl (C=O) groups excluding carboxylic acids is 2. The third-order valence-corrected chi connectivity index (χ3v) is 10.5. The minimum Gasteiger partial charge on any atom is -0.756 e. The lowest BCUT2D eigenvalue weighted by Crippen LogP contribution is -2.37. The summed E-state index contributed by atoms with van der Waals surface area (Å²) >= 11 is 0. The molecule has 0 spiro atoms. The number of quaternary nitrogens is 1. The summed E-state index contributed by atoms with van der Waals surface area (Å²) < 4.78 is 33.8. The second kappa shape index (κ2) is 47.7. The number of likely N-dealkylation sites (N-methyl/N-ethyl adjacent to an activating group) is 1. The fourth-order valence-corrected chi connectivity index (χ4v) is 6.45. The van der Waals surface area contributed by atoms with Gasteiger partial charge in [-0.1, -0.05) is 178 Å². The lowest BCUT2D eigenvalue weighted by Gasteiger charge is -2.28. The van der Waals surface area contributed by atoms with Crippen LogP contribution in [0.1, 0.15) is 142 Å². The number of esters is 2. The number of phosphoric acid groups is 1. The average Bonchev–Trinajstić information content (AvgIpc) is 3.30. The molecule has 10 heteroatoms. The smallest absolute Gasteiger partial charge is 0.306 e. The molecular weight excluding hydrogens is 870 g/mol. The predicted molar refractivity (Wildman–Crippen MR) is 286 cm³/mol. The molecule has 2 atom stereocenters. The normalized spacial score (nSPS) is 14.7. The summed E-state index contributed by atoms with van der Waals surface area (Å²) in [6, 6.07) is 0. The number of allylic oxidation sites excluding steroid dienone is 26. The van der Waals surface area contributed by atoms with Crippen molar-refractivity contribution in [3.63, 3.8) is 0 Å². The van der Waals surface area contributed by atoms with E-state index in [0.29, 0.717) is 23.9 Å². The van der Waals surface area contributed by atoms with Gasteiger partial charge in [-0.05, 0) is 109 Å². The van der Waals surface area contributed by atoms with Gasteiger partial charge in [-0.3, -0.25) is 14.2 Å². The first-order valence-electron chi connectivity index (χ1n) is 25.2. The van der Waals surface area contributed by atoms with Gasteiger partial charge in [0.15, 0.2) is 6.10 Å². The SMILES string of the molecule is CC/C=C\C/C=C\C/C=C\C/C=C\C/C=C\C/C=C\C/C=C\C/C=C\C/C=C\CCCCCC(=O)OC(COC(=O)CC/C=C\C/C=C\C/C=C\C/C=C\CC)COP(=O)([O-])OCC[N+](C)(C)C. The van der Waals surface area contributed by atoms with Crippen molar-refractivity contribution in [1.29, 1.82) is 0 Å². The van der Waals surface area contributed by atoms with E-state index >= 15 is 0 Å². The number of rotatable bonds is 43. The molecule has 0 N–H and O–H groups in total. The zero-order chi connectivity index (χ0) is 49.9. The van der Waals surface area contributed by atoms with Gasteiger partial charge in [0.2, 0.25) is 0 Å². The largest absolute Gasteiger partial charge is 0.756 e. The number of phosphoric ester groups is 1. The first-order valence-corrected chi connectivity index (χ1v) is 26.7. The van der Waals surface area contributed by atoms with E-state index in [-0.39, 0.29) is 26.1 Å². The second-order valence-electron chi connectivity index (χ2n) is 17.1. The van der Waals surface area contributed by atoms with Crippen molar-refractivity contribution in [3.05, 3.63) is 158 Å². The van der Waals surface area contributed by atoms with Gasteiger partial charge in [0.05, 0.1) is 27.7 Å². The highest BCUT2D eigenvalue weighted by Crippen LogP contribution is 2.38. The van der Waals surface area contributed by atoms with Gasteiger partial charge in [-0.25, -0.2) is 0 Å². The molecule has 0 aliphatic rings. The molecule has 0 rings (SSSR count). The van der Waals surface area contributed by atoms with Crippen LogP contribution in [0.25, 0.3) is 0 Å². The molecule has 0 saturated carbocycles. The molecule has 68 heavy (non-hydrogen) atoms. The minimum absolute atomic E-state index is 0.0582. The van der Waals surface area contributed by atoms with Crippen LogP contribution in [0.15, 0.2) is 158 Å². The van der Waals surface area contributed by atoms with E-state index in [1.54, 1.807) is 0 Å². The van der Waals surface area contributed by atoms with Crippen molar-refractivity contribution in [1.82, 2.24) is 0 Å². The van der Waals surface area contributed by atoms with Crippen LogP contribution >= 0.6 is 7.82 Å². The zero-order valence-electron chi connectivity index (χ0n) is 42.7. The summed E-state index contributed by atoms with van der Waals surface area (Å²) in [5.74, 6) is -0.987. The van der Waals surface area contributed by atoms with E-state index < -0.39 is 32.5 Å². The number of carbonyl (C=O) groups is 2. The summed E-state index contributed by atoms with van der Waals surface area (Å²) in [6.45, 7) is 3.83. The second-order valence-corrected chi connectivity index (χ2v) is 18.5. The molecule has 9 nitrogen and oxygen atoms in total. The standard InChI is InChI=1S/C58H90NO8P/c1-6-8-10-12-14-16-18-20-21-22-23-24-25-26-27-28-29-30-31-32-33-34-35-36-37-39-41-43-45-47-49-51-58(61)67-56(55-66-68(62,63)65-53-52-59(3,4)5)54-64-57(60)50-48-46-44-42-40-38-19-17-15-13-11-9-7-2/h8-11,14-17,20-21,23-24,26-27,29-30,32-33,35-36,38-41,44,46,56H,6-7,12-13,18-19,22,25,28,31,34,37,42-43,45,47-55H2,1-5H3/b10-8-,11-9-,16-14-,17-15-,21-20-,24-23-,27-26-,30-29-,33-32-,36-35-,40-38-,41-39-,46-44-. The minimum atomic E-state index is -4.67. The number of hydrogen-bond donors (Lipinski definition) is 0. The Hall–Kier alpha value is -4.37. The van der Waals surface area contributed by atoms with Gasteiger partial charge in [0, 0.05) is 12.8 Å². The van der Waals surface area contributed by atoms with E-state index in [4.69, 9.17) is 18.5 Å². The van der Waals surface area contributed by atoms with Crippen LogP contribution in [-0.4, -0.2) is 70.0 Å². The molecule has 0 aromatic heterocycles. The molecule has 380 valence electrons. The molecule has 0 saturated heterocycles. The zero-order valence-corrected chi connectivity index (χ0v) is 43.6. The average molecular weight is 960 g/mol. The Balaban J connectivity index is 4.39. The molecule has 0 aromatic carbocycles. The first kappa shape index (κ1) is 63.6. The fraction of sp³-hybridized carbons (Fsp3) is 0.517. The number of hydrogen-bond acceptors (Lipinski definition) is 8. The molecule has 0 fully saturated rings. The Bertz CT molecular complexity index is 1700. The molecule has 0 aromatic rings. The van der Waals surface area contributed by atoms with E-state index in [1.165, 1.54) is 0 Å². The maximum Gasteiger partial charge on any atom is 0.306 e. The first-order chi connectivity index (χ1) is 33.0. The van der Waals surface area contributed by atoms with Crippen LogP contribution in [0.2, 0.25) is 0 Å². The van der Waals surface area contributed by atoms with Crippen molar-refractivity contribution >= 4 is 19.8 Å². The number of ether oxygens (including phenoxy) is 2. The van der Waals surface area contributed by atoms with Crippen molar-refractivity contribution in [2.75, 3.05) is 47.5 Å². The summed E-state index contributed by atoms with van der Waals surface area (Å²) in [6.07, 6.45) is 71.7. The van der Waals surface area contributed by atoms with Crippen LogP contribution in [-0.2, 0) is 32.7 Å². The highest BCUT2D eigenvalue weighted by Gasteiger charge is 2.21. The van der Waals surface area contributed by atoms with Gasteiger partial charge in [0.25, 0.3) is 7.82 Å². The van der Waals surface area contributed by atoms with Crippen molar-refractivity contribution in [2.24, 2.45) is 0 Å². The Kier molecular flexibility index (Phi) is 44.6. The highest BCUT2D eigenvalue weighted by atomic mass is 31.2. The molecular formula is C58H90NO8P. The van der Waals surface area contributed by atoms with E-state index in [2.05, 4.69) is 160 Å². The summed E-state index contributed by atoms with van der Waals surface area (Å²) in [5.41, 5.74) is 0. The van der Waals surface area contributed by atoms with Gasteiger partial charge in [0.1, 0.15) is 19.8 Å². The topological polar surface area (TPSA) is 111 Å². The Morgan fingerprint density at radius 3 is 1.21 bits per heavy atom. The highest BCUT2D eigenvalue weighted by molar-refractivity contribution is 7.45. The maximum absolute atomic E-state index is 12.7. The van der Waals surface area contributed by atoms with Crippen molar-refractivity contribution in [2.45, 2.75) is 148 Å². The third kappa shape index (κ3) is 51.0. The Morgan fingerprint density at radius 2 is 0.824 bits per heavy atom. The molecule has 0 bridgehead atoms. The van der Waals surface area contributed by atoms with Crippen LogP contribution in [0.4, 0.5) is 0 Å². The number of unbranched alkanes of at least 4 members (excludes halogenated alkanes) is 3. The van der Waals surface area contributed by atoms with Crippen LogP contribution in [0.3, 0.4) is 0 Å². The van der Waals surface area contributed by atoms with E-state index in [9.17, 15) is 19.0 Å². The lowest BCUT2D eigenvalue weighted by molar-refractivity contribution is -0.870. The van der Waals surface area contributed by atoms with E-state index in [0.717, 1.165) is 103 Å². The molecule has 0 amide bonds. The Labute approximate surface area is 414 Å². The molecule has 2 unspecified atom stereocenters. The van der Waals surface area contributed by atoms with Crippen LogP contribution < -0.4 is 4.89 Å². The van der Waals surface area contributed by atoms with E-state index in [1.807, 2.05) is 33.3 Å². The summed E-state index contributed by atoms with van der Waals surface area (Å²) in [4.78, 5) is 37.6. The molecule has 0 aliphatic heterocycles. The summed E-state index contributed by atoms with van der Waals surface area (Å²) in [5, 5.41) is 0. The van der Waals surface area contributed by atoms with Crippen LogP contribution in [0, 0.1) is 0 Å². The molecule has 0 heterocycles. The molecule has 0 aliphatic carbocycles.